The molecule has 2 unspecified atom stereocenters. The molecule has 0 spiro atoms. The maximum Gasteiger partial charge on any atom is 0.231 e. The Bertz CT molecular complexity index is 579. The minimum atomic E-state index is -0.468. The maximum absolute atomic E-state index is 12.4. The number of nitrogens with two attached hydrogens (primary N) is 1. The highest BCUT2D eigenvalue weighted by Crippen LogP contribution is 2.24. The second kappa shape index (κ2) is 6.97. The second-order valence-electron chi connectivity index (χ2n) is 7.26. The third kappa shape index (κ3) is 4.51. The van der Waals surface area contributed by atoms with Gasteiger partial charge in [0.25, 0.3) is 0 Å². The number of amides is 2. The summed E-state index contributed by atoms with van der Waals surface area (Å²) < 4.78 is 0. The zero-order valence-corrected chi connectivity index (χ0v) is 15.1. The summed E-state index contributed by atoms with van der Waals surface area (Å²) in [5.41, 5.74) is 5.94. The smallest absolute Gasteiger partial charge is 0.231 e. The van der Waals surface area contributed by atoms with E-state index in [0.717, 1.165) is 13.0 Å². The number of rotatable bonds is 4. The quantitative estimate of drug-likeness (QED) is 0.877. The Morgan fingerprint density at radius 2 is 2.17 bits per heavy atom. The van der Waals surface area contributed by atoms with Gasteiger partial charge in [0.05, 0.1) is 12.1 Å². The number of nitrogens with zero attached hydrogens (tertiary/aromatic N) is 2. The van der Waals surface area contributed by atoms with E-state index in [1.165, 1.54) is 11.3 Å². The van der Waals surface area contributed by atoms with Gasteiger partial charge in [0, 0.05) is 23.4 Å². The van der Waals surface area contributed by atoms with Crippen LogP contribution in [0.15, 0.2) is 5.38 Å². The van der Waals surface area contributed by atoms with Gasteiger partial charge in [-0.05, 0) is 25.8 Å². The highest BCUT2D eigenvalue weighted by molar-refractivity contribution is 7.13. The van der Waals surface area contributed by atoms with E-state index in [-0.39, 0.29) is 24.3 Å². The molecule has 1 fully saturated rings. The first-order chi connectivity index (χ1) is 10.7. The van der Waals surface area contributed by atoms with Crippen molar-refractivity contribution < 1.29 is 9.59 Å². The van der Waals surface area contributed by atoms with Crippen molar-refractivity contribution in [3.63, 3.8) is 0 Å². The van der Waals surface area contributed by atoms with Crippen LogP contribution in [0, 0.1) is 11.3 Å². The van der Waals surface area contributed by atoms with Gasteiger partial charge in [0.15, 0.2) is 5.13 Å². The van der Waals surface area contributed by atoms with Gasteiger partial charge in [-0.25, -0.2) is 4.98 Å². The van der Waals surface area contributed by atoms with Crippen molar-refractivity contribution in [2.45, 2.75) is 46.6 Å². The number of carbonyl (C=O) groups is 2. The molecule has 23 heavy (non-hydrogen) atoms. The summed E-state index contributed by atoms with van der Waals surface area (Å²) in [6.07, 6.45) is 1.23. The topological polar surface area (TPSA) is 88.3 Å². The van der Waals surface area contributed by atoms with Crippen molar-refractivity contribution in [2.75, 3.05) is 18.4 Å². The lowest BCUT2D eigenvalue weighted by molar-refractivity contribution is -0.131. The number of likely N-dealkylation sites (tertiary alicyclic amines) is 1. The molecule has 0 aromatic carbocycles. The molecule has 0 radical (unpaired) electrons. The fourth-order valence-electron chi connectivity index (χ4n) is 2.65. The summed E-state index contributed by atoms with van der Waals surface area (Å²) in [6, 6.07) is 0.231. The van der Waals surface area contributed by atoms with E-state index < -0.39 is 5.41 Å². The summed E-state index contributed by atoms with van der Waals surface area (Å²) in [4.78, 5) is 30.6. The molecule has 0 bridgehead atoms. The lowest BCUT2D eigenvalue weighted by Crippen LogP contribution is -2.35. The SMILES string of the molecule is CC1CC(CN)CN1C(=O)Cc1csc(NC(=O)C(C)(C)C)n1. The van der Waals surface area contributed by atoms with E-state index in [1.54, 1.807) is 0 Å². The van der Waals surface area contributed by atoms with Gasteiger partial charge in [-0.2, -0.15) is 0 Å². The summed E-state index contributed by atoms with van der Waals surface area (Å²) in [6.45, 7) is 8.96. The Hall–Kier alpha value is -1.47. The van der Waals surface area contributed by atoms with Gasteiger partial charge in [0.1, 0.15) is 0 Å². The van der Waals surface area contributed by atoms with Crippen LogP contribution in [-0.4, -0.2) is 40.8 Å². The number of carbonyl (C=O) groups excluding carboxylic acids is 2. The van der Waals surface area contributed by atoms with E-state index in [0.29, 0.717) is 23.3 Å². The average Bonchev–Trinajstić information content (AvgIpc) is 3.04. The second-order valence-corrected chi connectivity index (χ2v) is 8.12. The summed E-state index contributed by atoms with van der Waals surface area (Å²) in [5.74, 6) is 0.391. The van der Waals surface area contributed by atoms with E-state index in [2.05, 4.69) is 17.2 Å². The van der Waals surface area contributed by atoms with Crippen LogP contribution in [0.4, 0.5) is 5.13 Å². The van der Waals surface area contributed by atoms with E-state index in [4.69, 9.17) is 5.73 Å². The molecular weight excluding hydrogens is 312 g/mol. The monoisotopic (exact) mass is 338 g/mol. The van der Waals surface area contributed by atoms with E-state index in [9.17, 15) is 9.59 Å². The van der Waals surface area contributed by atoms with Crippen molar-refractivity contribution in [1.82, 2.24) is 9.88 Å². The van der Waals surface area contributed by atoms with Gasteiger partial charge < -0.3 is 16.0 Å². The summed E-state index contributed by atoms with van der Waals surface area (Å²) >= 11 is 1.35. The number of thiazole rings is 1. The summed E-state index contributed by atoms with van der Waals surface area (Å²) in [5, 5.41) is 5.17. The molecule has 128 valence electrons. The van der Waals surface area contributed by atoms with Crippen molar-refractivity contribution in [3.8, 4) is 0 Å². The molecule has 0 saturated carbocycles. The zero-order valence-electron chi connectivity index (χ0n) is 14.3. The van der Waals surface area contributed by atoms with E-state index >= 15 is 0 Å². The molecule has 1 saturated heterocycles. The van der Waals surface area contributed by atoms with Gasteiger partial charge in [-0.15, -0.1) is 11.3 Å². The van der Waals surface area contributed by atoms with Crippen LogP contribution in [0.3, 0.4) is 0 Å². The Labute approximate surface area is 141 Å². The average molecular weight is 338 g/mol. The fourth-order valence-corrected chi connectivity index (χ4v) is 3.35. The van der Waals surface area contributed by atoms with Gasteiger partial charge in [-0.1, -0.05) is 20.8 Å². The molecule has 2 amide bonds. The standard InChI is InChI=1S/C16H26N4O2S/c1-10-5-11(7-17)8-20(10)13(21)6-12-9-23-15(18-12)19-14(22)16(2,3)4/h9-11H,5-8,17H2,1-4H3,(H,18,19,22). The fraction of sp³-hybridized carbons (Fsp3) is 0.688. The van der Waals surface area contributed by atoms with Crippen LogP contribution >= 0.6 is 11.3 Å². The van der Waals surface area contributed by atoms with Crippen molar-refractivity contribution in [2.24, 2.45) is 17.1 Å². The van der Waals surface area contributed by atoms with Crippen molar-refractivity contribution in [3.05, 3.63) is 11.1 Å². The molecule has 6 nitrogen and oxygen atoms in total. The van der Waals surface area contributed by atoms with Crippen LogP contribution in [-0.2, 0) is 16.0 Å². The third-order valence-electron chi connectivity index (χ3n) is 4.10. The minimum absolute atomic E-state index is 0.0763. The molecule has 2 rings (SSSR count). The first-order valence-electron chi connectivity index (χ1n) is 7.96. The Balaban J connectivity index is 1.94. The van der Waals surface area contributed by atoms with Crippen LogP contribution in [0.1, 0.15) is 39.8 Å². The highest BCUT2D eigenvalue weighted by atomic mass is 32.1. The Morgan fingerprint density at radius 3 is 2.74 bits per heavy atom. The first kappa shape index (κ1) is 17.9. The number of anilines is 1. The van der Waals surface area contributed by atoms with Crippen LogP contribution in [0.25, 0.3) is 0 Å². The van der Waals surface area contributed by atoms with Crippen LogP contribution in [0.5, 0.6) is 0 Å². The molecule has 1 aliphatic heterocycles. The maximum atomic E-state index is 12.4. The van der Waals surface area contributed by atoms with Crippen molar-refractivity contribution >= 4 is 28.3 Å². The van der Waals surface area contributed by atoms with Gasteiger partial charge >= 0.3 is 0 Å². The predicted octanol–water partition coefficient (Wildman–Crippen LogP) is 1.87. The highest BCUT2D eigenvalue weighted by Gasteiger charge is 2.31. The Morgan fingerprint density at radius 1 is 1.48 bits per heavy atom. The predicted molar refractivity (Wildman–Crippen MR) is 92.2 cm³/mol. The number of hydrogen-bond donors (Lipinski definition) is 2. The lowest BCUT2D eigenvalue weighted by atomic mass is 9.96. The molecule has 2 heterocycles. The molecule has 2 atom stereocenters. The molecule has 1 aromatic heterocycles. The van der Waals surface area contributed by atoms with Gasteiger partial charge in [0.2, 0.25) is 11.8 Å². The third-order valence-corrected chi connectivity index (χ3v) is 4.91. The van der Waals surface area contributed by atoms with Gasteiger partial charge in [-0.3, -0.25) is 9.59 Å². The molecular formula is C16H26N4O2S. The van der Waals surface area contributed by atoms with Crippen LogP contribution < -0.4 is 11.1 Å². The largest absolute Gasteiger partial charge is 0.339 e. The van der Waals surface area contributed by atoms with E-state index in [1.807, 2.05) is 31.1 Å². The first-order valence-corrected chi connectivity index (χ1v) is 8.84. The zero-order chi connectivity index (χ0) is 17.2. The Kier molecular flexibility index (Phi) is 5.41. The normalized spacial score (nSPS) is 21.5. The lowest BCUT2D eigenvalue weighted by Gasteiger charge is -2.21. The molecule has 0 aliphatic carbocycles. The van der Waals surface area contributed by atoms with Crippen LogP contribution in [0.2, 0.25) is 0 Å². The molecule has 1 aromatic rings. The van der Waals surface area contributed by atoms with Crippen molar-refractivity contribution in [1.29, 1.82) is 0 Å². The number of nitrogens with one attached hydrogen (secondary N) is 1. The summed E-state index contributed by atoms with van der Waals surface area (Å²) in [7, 11) is 0. The number of aromatic nitrogens is 1. The molecule has 1 aliphatic rings. The molecule has 7 heteroatoms. The number of hydrogen-bond acceptors (Lipinski definition) is 5. The molecule has 3 N–H and O–H groups in total. The minimum Gasteiger partial charge on any atom is -0.339 e.